The van der Waals surface area contributed by atoms with Crippen molar-refractivity contribution in [1.82, 2.24) is 20.5 Å². The highest BCUT2D eigenvalue weighted by Crippen LogP contribution is 2.15. The van der Waals surface area contributed by atoms with E-state index in [1.54, 1.807) is 12.4 Å². The topological polar surface area (TPSA) is 70.7 Å². The van der Waals surface area contributed by atoms with Crippen LogP contribution in [-0.4, -0.2) is 21.1 Å². The van der Waals surface area contributed by atoms with Crippen molar-refractivity contribution in [2.24, 2.45) is 0 Å². The van der Waals surface area contributed by atoms with Crippen LogP contribution in [0.25, 0.3) is 0 Å². The third-order valence-corrected chi connectivity index (χ3v) is 2.54. The van der Waals surface area contributed by atoms with Crippen molar-refractivity contribution in [1.29, 1.82) is 0 Å². The summed E-state index contributed by atoms with van der Waals surface area (Å²) in [5.74, 6) is -0.340. The molecule has 0 radical (unpaired) electrons. The van der Waals surface area contributed by atoms with Crippen molar-refractivity contribution in [3.8, 4) is 0 Å². The van der Waals surface area contributed by atoms with Crippen LogP contribution >= 0.6 is 23.2 Å². The van der Waals surface area contributed by atoms with Gasteiger partial charge in [-0.15, -0.1) is 10.2 Å². The van der Waals surface area contributed by atoms with E-state index < -0.39 is 0 Å². The quantitative estimate of drug-likeness (QED) is 0.897. The molecule has 2 heterocycles. The average Bonchev–Trinajstić information content (AvgIpc) is 2.82. The van der Waals surface area contributed by atoms with E-state index in [1.165, 1.54) is 6.07 Å². The molecule has 0 aliphatic rings. The van der Waals surface area contributed by atoms with Gasteiger partial charge in [-0.05, 0) is 17.7 Å². The van der Waals surface area contributed by atoms with E-state index in [0.717, 1.165) is 5.56 Å². The van der Waals surface area contributed by atoms with Crippen LogP contribution in [0, 0.1) is 0 Å². The van der Waals surface area contributed by atoms with Crippen LogP contribution in [-0.2, 0) is 6.54 Å². The second-order valence-corrected chi connectivity index (χ2v) is 4.02. The molecule has 2 N–H and O–H groups in total. The van der Waals surface area contributed by atoms with Crippen LogP contribution < -0.4 is 5.32 Å². The number of aromatic nitrogens is 3. The van der Waals surface area contributed by atoms with Gasteiger partial charge in [-0.1, -0.05) is 23.2 Å². The first kappa shape index (κ1) is 11.9. The summed E-state index contributed by atoms with van der Waals surface area (Å²) in [6.07, 6.45) is 3.57. The zero-order valence-electron chi connectivity index (χ0n) is 8.58. The Morgan fingerprint density at radius 3 is 2.94 bits per heavy atom. The van der Waals surface area contributed by atoms with Crippen LogP contribution in [0.4, 0.5) is 0 Å². The molecule has 0 saturated carbocycles. The number of nitrogens with zero attached hydrogens (tertiary/aromatic N) is 2. The lowest BCUT2D eigenvalue weighted by Crippen LogP contribution is -2.23. The van der Waals surface area contributed by atoms with Crippen LogP contribution in [0.15, 0.2) is 24.5 Å². The number of H-pyrrole nitrogens is 1. The molecule has 1 amide bonds. The predicted molar refractivity (Wildman–Crippen MR) is 64.0 cm³/mol. The highest BCUT2D eigenvalue weighted by molar-refractivity contribution is 6.34. The normalized spacial score (nSPS) is 10.2. The molecule has 17 heavy (non-hydrogen) atoms. The summed E-state index contributed by atoms with van der Waals surface area (Å²) in [5.41, 5.74) is 1.17. The van der Waals surface area contributed by atoms with E-state index in [9.17, 15) is 4.79 Å². The molecule has 0 atom stereocenters. The summed E-state index contributed by atoms with van der Waals surface area (Å²) in [7, 11) is 0. The zero-order chi connectivity index (χ0) is 12.3. The van der Waals surface area contributed by atoms with Gasteiger partial charge in [-0.25, -0.2) is 0 Å². The SMILES string of the molecule is O=C(NCc1cc[nH]c1)c1cc(Cl)nnc1Cl. The third kappa shape index (κ3) is 2.95. The fourth-order valence-electron chi connectivity index (χ4n) is 1.26. The first-order chi connectivity index (χ1) is 8.16. The summed E-state index contributed by atoms with van der Waals surface area (Å²) in [6, 6.07) is 3.24. The smallest absolute Gasteiger partial charge is 0.254 e. The summed E-state index contributed by atoms with van der Waals surface area (Å²) in [4.78, 5) is 14.7. The van der Waals surface area contributed by atoms with Crippen molar-refractivity contribution in [2.75, 3.05) is 0 Å². The number of hydrogen-bond donors (Lipinski definition) is 2. The number of aromatic amines is 1. The molecule has 88 valence electrons. The molecule has 2 aromatic heterocycles. The Balaban J connectivity index is 2.07. The first-order valence-corrected chi connectivity index (χ1v) is 5.51. The Kier molecular flexibility index (Phi) is 3.61. The minimum absolute atomic E-state index is 0.0287. The highest BCUT2D eigenvalue weighted by Gasteiger charge is 2.12. The second kappa shape index (κ2) is 5.16. The van der Waals surface area contributed by atoms with Gasteiger partial charge in [-0.2, -0.15) is 0 Å². The Morgan fingerprint density at radius 1 is 1.41 bits per heavy atom. The van der Waals surface area contributed by atoms with Gasteiger partial charge >= 0.3 is 0 Å². The lowest BCUT2D eigenvalue weighted by Gasteiger charge is -2.04. The van der Waals surface area contributed by atoms with E-state index in [2.05, 4.69) is 20.5 Å². The molecule has 0 unspecified atom stereocenters. The maximum atomic E-state index is 11.8. The first-order valence-electron chi connectivity index (χ1n) is 4.75. The molecule has 7 heteroatoms. The van der Waals surface area contributed by atoms with E-state index in [0.29, 0.717) is 6.54 Å². The highest BCUT2D eigenvalue weighted by atomic mass is 35.5. The van der Waals surface area contributed by atoms with Crippen molar-refractivity contribution in [2.45, 2.75) is 6.54 Å². The van der Waals surface area contributed by atoms with Crippen molar-refractivity contribution >= 4 is 29.1 Å². The number of carbonyl (C=O) groups is 1. The van der Waals surface area contributed by atoms with Crippen molar-refractivity contribution in [3.63, 3.8) is 0 Å². The van der Waals surface area contributed by atoms with Gasteiger partial charge in [0.05, 0.1) is 5.56 Å². The maximum Gasteiger partial charge on any atom is 0.254 e. The number of nitrogens with one attached hydrogen (secondary N) is 2. The van der Waals surface area contributed by atoms with E-state index >= 15 is 0 Å². The molecule has 0 spiro atoms. The van der Waals surface area contributed by atoms with Crippen LogP contribution in [0.1, 0.15) is 15.9 Å². The lowest BCUT2D eigenvalue weighted by molar-refractivity contribution is 0.0950. The molecule has 0 saturated heterocycles. The fraction of sp³-hybridized carbons (Fsp3) is 0.100. The van der Waals surface area contributed by atoms with Gasteiger partial charge in [0.25, 0.3) is 5.91 Å². The average molecular weight is 271 g/mol. The van der Waals surface area contributed by atoms with E-state index in [4.69, 9.17) is 23.2 Å². The monoisotopic (exact) mass is 270 g/mol. The Labute approximate surface area is 107 Å². The minimum Gasteiger partial charge on any atom is -0.367 e. The lowest BCUT2D eigenvalue weighted by atomic mass is 10.2. The number of hydrogen-bond acceptors (Lipinski definition) is 3. The molecule has 0 aliphatic heterocycles. The van der Waals surface area contributed by atoms with Gasteiger partial charge in [0.15, 0.2) is 10.3 Å². The number of halogens is 2. The molecule has 5 nitrogen and oxygen atoms in total. The van der Waals surface area contributed by atoms with E-state index in [-0.39, 0.29) is 21.8 Å². The maximum absolute atomic E-state index is 11.8. The summed E-state index contributed by atoms with van der Waals surface area (Å²) in [6.45, 7) is 0.401. The summed E-state index contributed by atoms with van der Waals surface area (Å²) in [5, 5.41) is 9.95. The van der Waals surface area contributed by atoms with Gasteiger partial charge in [0.1, 0.15) is 0 Å². The molecular weight excluding hydrogens is 263 g/mol. The Bertz CT molecular complexity index is 527. The standard InChI is InChI=1S/C10H8Cl2N4O/c11-8-3-7(9(12)16-15-8)10(17)14-5-6-1-2-13-4-6/h1-4,13H,5H2,(H,14,17). The number of amides is 1. The number of carbonyl (C=O) groups excluding carboxylic acids is 1. The predicted octanol–water partition coefficient (Wildman–Crippen LogP) is 2.04. The molecule has 2 rings (SSSR count). The number of rotatable bonds is 3. The molecular formula is C10H8Cl2N4O. The van der Waals surface area contributed by atoms with Crippen LogP contribution in [0.5, 0.6) is 0 Å². The van der Waals surface area contributed by atoms with Gasteiger partial charge in [0, 0.05) is 18.9 Å². The molecule has 0 fully saturated rings. The molecule has 0 aliphatic carbocycles. The minimum atomic E-state index is -0.340. The van der Waals surface area contributed by atoms with Crippen LogP contribution in [0.2, 0.25) is 10.3 Å². The molecule has 0 aromatic carbocycles. The van der Waals surface area contributed by atoms with Crippen LogP contribution in [0.3, 0.4) is 0 Å². The summed E-state index contributed by atoms with van der Waals surface area (Å²) >= 11 is 11.4. The van der Waals surface area contributed by atoms with Crippen molar-refractivity contribution in [3.05, 3.63) is 46.0 Å². The second-order valence-electron chi connectivity index (χ2n) is 3.27. The molecule has 2 aromatic rings. The fourth-order valence-corrected chi connectivity index (χ4v) is 1.58. The van der Waals surface area contributed by atoms with E-state index in [1.807, 2.05) is 6.07 Å². The Morgan fingerprint density at radius 2 is 2.24 bits per heavy atom. The van der Waals surface area contributed by atoms with Gasteiger partial charge < -0.3 is 10.3 Å². The largest absolute Gasteiger partial charge is 0.367 e. The van der Waals surface area contributed by atoms with Gasteiger partial charge in [0.2, 0.25) is 0 Å². The summed E-state index contributed by atoms with van der Waals surface area (Å²) < 4.78 is 0. The third-order valence-electron chi connectivity index (χ3n) is 2.08. The Hall–Kier alpha value is -1.59. The zero-order valence-corrected chi connectivity index (χ0v) is 10.1. The molecule has 0 bridgehead atoms. The van der Waals surface area contributed by atoms with Gasteiger partial charge in [-0.3, -0.25) is 4.79 Å². The van der Waals surface area contributed by atoms with Crippen molar-refractivity contribution < 1.29 is 4.79 Å².